The van der Waals surface area contributed by atoms with E-state index in [-0.39, 0.29) is 0 Å². The molecule has 0 N–H and O–H groups in total. The summed E-state index contributed by atoms with van der Waals surface area (Å²) < 4.78 is 165. The summed E-state index contributed by atoms with van der Waals surface area (Å²) in [6.07, 6.45) is 0. The zero-order valence-electron chi connectivity index (χ0n) is 12.0. The van der Waals surface area contributed by atoms with E-state index in [1.54, 1.807) is 0 Å². The van der Waals surface area contributed by atoms with Gasteiger partial charge in [-0.2, -0.15) is 0 Å². The normalized spacial score (nSPS) is 19.1. The van der Waals surface area contributed by atoms with Gasteiger partial charge in [-0.1, -0.05) is 0 Å². The van der Waals surface area contributed by atoms with Gasteiger partial charge in [0.25, 0.3) is 0 Å². The standard InChI is InChI=1S/C15F12/c16-4-1-2(6(18)10(22)9(4)21)15(27,14(26)5(1)17)3-7(19)11(23)13(25)12(24)8(3)20. The molecule has 1 aliphatic carbocycles. The van der Waals surface area contributed by atoms with Crippen LogP contribution in [0.5, 0.6) is 0 Å². The van der Waals surface area contributed by atoms with Gasteiger partial charge in [-0.15, -0.1) is 0 Å². The van der Waals surface area contributed by atoms with Gasteiger partial charge in [0.1, 0.15) is 0 Å². The van der Waals surface area contributed by atoms with Crippen molar-refractivity contribution in [3.8, 4) is 0 Å². The van der Waals surface area contributed by atoms with Crippen molar-refractivity contribution in [2.75, 3.05) is 0 Å². The molecule has 0 nitrogen and oxygen atoms in total. The maximum Gasteiger partial charge on any atom is 0.224 e. The molecule has 1 unspecified atom stereocenters. The van der Waals surface area contributed by atoms with E-state index in [0.29, 0.717) is 0 Å². The molecule has 2 aromatic carbocycles. The predicted octanol–water partition coefficient (Wildman–Crippen LogP) is 5.77. The predicted molar refractivity (Wildman–Crippen MR) is 63.5 cm³/mol. The third-order valence-electron chi connectivity index (χ3n) is 3.88. The third-order valence-corrected chi connectivity index (χ3v) is 3.88. The molecule has 0 aromatic heterocycles. The summed E-state index contributed by atoms with van der Waals surface area (Å²) in [4.78, 5) is 0. The zero-order chi connectivity index (χ0) is 20.6. The molecule has 3 rings (SSSR count). The number of alkyl halides is 1. The zero-order valence-corrected chi connectivity index (χ0v) is 12.0. The van der Waals surface area contributed by atoms with Gasteiger partial charge in [0.2, 0.25) is 11.5 Å². The first-order valence-corrected chi connectivity index (χ1v) is 6.52. The molecule has 12 heteroatoms. The minimum atomic E-state index is -5.01. The summed E-state index contributed by atoms with van der Waals surface area (Å²) in [5, 5.41) is 0. The molecule has 0 bridgehead atoms. The van der Waals surface area contributed by atoms with Gasteiger partial charge >= 0.3 is 0 Å². The Kier molecular flexibility index (Phi) is 4.01. The van der Waals surface area contributed by atoms with Gasteiger partial charge in [0.15, 0.2) is 58.2 Å². The van der Waals surface area contributed by atoms with Crippen LogP contribution in [-0.2, 0) is 5.67 Å². The summed E-state index contributed by atoms with van der Waals surface area (Å²) in [6.45, 7) is 0. The van der Waals surface area contributed by atoms with Crippen LogP contribution in [0.3, 0.4) is 0 Å². The van der Waals surface area contributed by atoms with Crippen molar-refractivity contribution in [3.05, 3.63) is 74.9 Å². The van der Waals surface area contributed by atoms with Crippen molar-refractivity contribution < 1.29 is 52.7 Å². The monoisotopic (exact) mass is 408 g/mol. The molecule has 0 heterocycles. The topological polar surface area (TPSA) is 0 Å². The molecular weight excluding hydrogens is 408 g/mol. The van der Waals surface area contributed by atoms with Crippen molar-refractivity contribution in [2.45, 2.75) is 5.67 Å². The molecule has 1 aliphatic rings. The SMILES string of the molecule is FC1=C(F)C(F)(c2c(F)c(F)c(F)c(F)c2F)c2c(F)c(F)c(F)c(F)c21. The Morgan fingerprint density at radius 2 is 0.741 bits per heavy atom. The van der Waals surface area contributed by atoms with E-state index >= 15 is 4.39 Å². The lowest BCUT2D eigenvalue weighted by atomic mass is 9.87. The quantitative estimate of drug-likeness (QED) is 0.319. The Morgan fingerprint density at radius 3 is 1.19 bits per heavy atom. The molecular formula is C15F12. The number of halogens is 12. The minimum absolute atomic E-state index is 2.24. The lowest BCUT2D eigenvalue weighted by molar-refractivity contribution is 0.202. The van der Waals surface area contributed by atoms with E-state index in [9.17, 15) is 48.3 Å². The molecule has 0 aliphatic heterocycles. The Labute approximate surface area is 140 Å². The van der Waals surface area contributed by atoms with E-state index in [1.807, 2.05) is 0 Å². The molecule has 0 amide bonds. The summed E-state index contributed by atoms with van der Waals surface area (Å²) >= 11 is 0. The number of fused-ring (bicyclic) bond motifs is 1. The molecule has 144 valence electrons. The van der Waals surface area contributed by atoms with Crippen LogP contribution in [0, 0.1) is 52.4 Å². The Bertz CT molecular complexity index is 1020. The average Bonchev–Trinajstić information content (AvgIpc) is 2.83. The fourth-order valence-corrected chi connectivity index (χ4v) is 2.67. The average molecular weight is 408 g/mol. The van der Waals surface area contributed by atoms with Crippen LogP contribution in [0.2, 0.25) is 0 Å². The van der Waals surface area contributed by atoms with Crippen LogP contribution in [0.15, 0.2) is 5.83 Å². The molecule has 0 fully saturated rings. The summed E-state index contributed by atoms with van der Waals surface area (Å²) in [5.41, 5.74) is -12.5. The van der Waals surface area contributed by atoms with E-state index in [1.165, 1.54) is 0 Å². The Hall–Kier alpha value is -2.66. The molecule has 1 atom stereocenters. The molecule has 27 heavy (non-hydrogen) atoms. The molecule has 0 saturated heterocycles. The fourth-order valence-electron chi connectivity index (χ4n) is 2.67. The van der Waals surface area contributed by atoms with Crippen molar-refractivity contribution in [1.29, 1.82) is 0 Å². The first-order valence-electron chi connectivity index (χ1n) is 6.52. The number of benzene rings is 2. The van der Waals surface area contributed by atoms with Crippen LogP contribution in [-0.4, -0.2) is 0 Å². The van der Waals surface area contributed by atoms with E-state index in [4.69, 9.17) is 0 Å². The Balaban J connectivity index is 2.57. The highest BCUT2D eigenvalue weighted by molar-refractivity contribution is 5.77. The maximum absolute atomic E-state index is 15.1. The lowest BCUT2D eigenvalue weighted by Crippen LogP contribution is -2.28. The lowest BCUT2D eigenvalue weighted by Gasteiger charge is -2.23. The van der Waals surface area contributed by atoms with E-state index < -0.39 is 86.4 Å². The van der Waals surface area contributed by atoms with E-state index in [2.05, 4.69) is 0 Å². The first kappa shape index (κ1) is 19.1. The number of rotatable bonds is 1. The summed E-state index contributed by atoms with van der Waals surface area (Å²) in [6, 6.07) is 0. The summed E-state index contributed by atoms with van der Waals surface area (Å²) in [5.74, 6) is -31.5. The molecule has 0 saturated carbocycles. The second-order valence-corrected chi connectivity index (χ2v) is 5.24. The largest absolute Gasteiger partial charge is 0.225 e. The highest BCUT2D eigenvalue weighted by Gasteiger charge is 2.57. The smallest absolute Gasteiger partial charge is 0.224 e. The van der Waals surface area contributed by atoms with Crippen LogP contribution in [0.25, 0.3) is 5.83 Å². The highest BCUT2D eigenvalue weighted by atomic mass is 19.2. The molecule has 0 spiro atoms. The second kappa shape index (κ2) is 5.67. The van der Waals surface area contributed by atoms with Gasteiger partial charge in [0.05, 0.1) is 16.7 Å². The number of hydrogen-bond donors (Lipinski definition) is 0. The van der Waals surface area contributed by atoms with Gasteiger partial charge in [-0.25, -0.2) is 52.7 Å². The molecule has 0 radical (unpaired) electrons. The minimum Gasteiger partial charge on any atom is -0.225 e. The fraction of sp³-hybridized carbons (Fsp3) is 0.0667. The maximum atomic E-state index is 15.1. The Morgan fingerprint density at radius 1 is 0.407 bits per heavy atom. The van der Waals surface area contributed by atoms with Gasteiger partial charge in [-0.05, 0) is 0 Å². The van der Waals surface area contributed by atoms with Crippen molar-refractivity contribution >= 4 is 5.83 Å². The van der Waals surface area contributed by atoms with Gasteiger partial charge < -0.3 is 0 Å². The van der Waals surface area contributed by atoms with Gasteiger partial charge in [-0.3, -0.25) is 0 Å². The van der Waals surface area contributed by atoms with Crippen molar-refractivity contribution in [1.82, 2.24) is 0 Å². The van der Waals surface area contributed by atoms with Crippen molar-refractivity contribution in [2.24, 2.45) is 0 Å². The van der Waals surface area contributed by atoms with Gasteiger partial charge in [0, 0.05) is 0 Å². The van der Waals surface area contributed by atoms with Crippen LogP contribution in [0.1, 0.15) is 16.7 Å². The van der Waals surface area contributed by atoms with E-state index in [0.717, 1.165) is 0 Å². The third kappa shape index (κ3) is 2.09. The number of hydrogen-bond acceptors (Lipinski definition) is 0. The highest BCUT2D eigenvalue weighted by Crippen LogP contribution is 2.56. The first-order chi connectivity index (χ1) is 12.4. The van der Waals surface area contributed by atoms with Crippen LogP contribution < -0.4 is 0 Å². The van der Waals surface area contributed by atoms with Crippen LogP contribution >= 0.6 is 0 Å². The second-order valence-electron chi connectivity index (χ2n) is 5.24. The molecule has 2 aromatic rings. The summed E-state index contributed by atoms with van der Waals surface area (Å²) in [7, 11) is 0. The van der Waals surface area contributed by atoms with Crippen molar-refractivity contribution in [3.63, 3.8) is 0 Å². The number of allylic oxidation sites excluding steroid dienone is 1. The van der Waals surface area contributed by atoms with Crippen LogP contribution in [0.4, 0.5) is 52.7 Å².